The summed E-state index contributed by atoms with van der Waals surface area (Å²) in [5.74, 6) is 1.30. The molecule has 4 nitrogen and oxygen atoms in total. The summed E-state index contributed by atoms with van der Waals surface area (Å²) in [6, 6.07) is 0.219. The van der Waals surface area contributed by atoms with Gasteiger partial charge in [0.25, 0.3) is 0 Å². The van der Waals surface area contributed by atoms with E-state index in [1.807, 2.05) is 25.6 Å². The van der Waals surface area contributed by atoms with Crippen LogP contribution in [0.25, 0.3) is 0 Å². The summed E-state index contributed by atoms with van der Waals surface area (Å²) in [7, 11) is 0. The summed E-state index contributed by atoms with van der Waals surface area (Å²) < 4.78 is 0. The Morgan fingerprint density at radius 2 is 2.16 bits per heavy atom. The molecule has 1 fully saturated rings. The molecule has 5 heteroatoms. The largest absolute Gasteiger partial charge is 0.364 e. The Morgan fingerprint density at radius 3 is 2.74 bits per heavy atom. The highest BCUT2D eigenvalue weighted by Gasteiger charge is 2.36. The van der Waals surface area contributed by atoms with E-state index in [0.29, 0.717) is 18.4 Å². The summed E-state index contributed by atoms with van der Waals surface area (Å²) in [4.78, 5) is 16.2. The van der Waals surface area contributed by atoms with Gasteiger partial charge >= 0.3 is 0 Å². The van der Waals surface area contributed by atoms with E-state index in [0.717, 1.165) is 11.7 Å². The summed E-state index contributed by atoms with van der Waals surface area (Å²) in [5, 5.41) is 7.20. The molecular weight excluding hydrogens is 258 g/mol. The van der Waals surface area contributed by atoms with E-state index < -0.39 is 0 Å². The van der Waals surface area contributed by atoms with E-state index in [9.17, 15) is 4.79 Å². The summed E-state index contributed by atoms with van der Waals surface area (Å²) >= 11 is 1.83. The molecule has 0 aromatic heterocycles. The van der Waals surface area contributed by atoms with Gasteiger partial charge < -0.3 is 10.6 Å². The van der Waals surface area contributed by atoms with Crippen LogP contribution < -0.4 is 10.6 Å². The minimum atomic E-state index is 0.108. The fraction of sp³-hybridized carbons (Fsp3) is 0.857. The van der Waals surface area contributed by atoms with Gasteiger partial charge in [-0.3, -0.25) is 9.79 Å². The molecule has 108 valence electrons. The van der Waals surface area contributed by atoms with E-state index in [1.54, 1.807) is 0 Å². The lowest BCUT2D eigenvalue weighted by Crippen LogP contribution is -2.36. The van der Waals surface area contributed by atoms with Crippen molar-refractivity contribution in [2.24, 2.45) is 10.4 Å². The van der Waals surface area contributed by atoms with Crippen LogP contribution in [0.4, 0.5) is 0 Å². The van der Waals surface area contributed by atoms with Crippen molar-refractivity contribution in [2.45, 2.75) is 52.0 Å². The van der Waals surface area contributed by atoms with Gasteiger partial charge in [0.05, 0.1) is 0 Å². The number of thioether (sulfide) groups is 1. The molecule has 2 rings (SSSR count). The summed E-state index contributed by atoms with van der Waals surface area (Å²) in [6.45, 7) is 5.61. The highest BCUT2D eigenvalue weighted by Crippen LogP contribution is 2.43. The van der Waals surface area contributed by atoms with Crippen LogP contribution in [0.15, 0.2) is 4.99 Å². The van der Waals surface area contributed by atoms with Crippen molar-refractivity contribution in [3.8, 4) is 0 Å². The van der Waals surface area contributed by atoms with Gasteiger partial charge in [0, 0.05) is 31.3 Å². The second-order valence-electron chi connectivity index (χ2n) is 6.02. The molecule has 1 saturated carbocycles. The maximum absolute atomic E-state index is 11.5. The van der Waals surface area contributed by atoms with Crippen LogP contribution in [0.1, 0.15) is 46.0 Å². The Hall–Kier alpha value is -0.710. The zero-order valence-electron chi connectivity index (χ0n) is 12.0. The molecule has 1 spiro atoms. The van der Waals surface area contributed by atoms with Crippen molar-refractivity contribution in [2.75, 3.05) is 18.8 Å². The molecule has 0 saturated heterocycles. The van der Waals surface area contributed by atoms with Crippen molar-refractivity contribution in [3.05, 3.63) is 0 Å². The van der Waals surface area contributed by atoms with Gasteiger partial charge in [0.2, 0.25) is 5.91 Å². The van der Waals surface area contributed by atoms with Gasteiger partial charge in [-0.15, -0.1) is 0 Å². The molecule has 2 aliphatic rings. The Labute approximate surface area is 120 Å². The number of aliphatic imine (C=N–C) groups is 1. The normalized spacial score (nSPS) is 21.5. The van der Waals surface area contributed by atoms with Crippen molar-refractivity contribution in [3.63, 3.8) is 0 Å². The van der Waals surface area contributed by atoms with Crippen LogP contribution in [0.3, 0.4) is 0 Å². The average molecular weight is 283 g/mol. The van der Waals surface area contributed by atoms with Gasteiger partial charge in [0.15, 0.2) is 5.17 Å². The van der Waals surface area contributed by atoms with E-state index >= 15 is 0 Å². The average Bonchev–Trinajstić information content (AvgIpc) is 2.80. The minimum absolute atomic E-state index is 0.108. The third kappa shape index (κ3) is 4.41. The number of hydrogen-bond donors (Lipinski definition) is 2. The number of nitrogens with zero attached hydrogens (tertiary/aromatic N) is 1. The molecule has 0 aromatic rings. The van der Waals surface area contributed by atoms with Crippen LogP contribution in [0.5, 0.6) is 0 Å². The molecule has 0 aromatic carbocycles. The van der Waals surface area contributed by atoms with Crippen molar-refractivity contribution in [1.29, 1.82) is 0 Å². The van der Waals surface area contributed by atoms with Crippen LogP contribution >= 0.6 is 11.8 Å². The van der Waals surface area contributed by atoms with Gasteiger partial charge in [-0.2, -0.15) is 0 Å². The standard InChI is InChI=1S/C14H25N3OS/c1-11(2)17-12(18)5-8-15-13-16-9-14(10-19-13)6-3-4-7-14/h11H,3-10H2,1-2H3,(H,15,16)(H,17,18). The monoisotopic (exact) mass is 283 g/mol. The minimum Gasteiger partial charge on any atom is -0.364 e. The van der Waals surface area contributed by atoms with Crippen LogP contribution in [0, 0.1) is 5.41 Å². The zero-order valence-corrected chi connectivity index (χ0v) is 12.8. The Kier molecular flexibility index (Phi) is 5.13. The Bertz CT molecular complexity index is 349. The van der Waals surface area contributed by atoms with Crippen molar-refractivity contribution < 1.29 is 4.79 Å². The molecule has 2 N–H and O–H groups in total. The first kappa shape index (κ1) is 14.7. The topological polar surface area (TPSA) is 53.5 Å². The molecule has 1 aliphatic heterocycles. The maximum Gasteiger partial charge on any atom is 0.221 e. The molecule has 0 radical (unpaired) electrons. The Balaban J connectivity index is 1.67. The second-order valence-corrected chi connectivity index (χ2v) is 6.98. The third-order valence-electron chi connectivity index (χ3n) is 3.82. The Morgan fingerprint density at radius 1 is 1.42 bits per heavy atom. The van der Waals surface area contributed by atoms with Crippen LogP contribution in [0.2, 0.25) is 0 Å². The van der Waals surface area contributed by atoms with E-state index in [4.69, 9.17) is 0 Å². The number of amides is 1. The van der Waals surface area contributed by atoms with Gasteiger partial charge in [0.1, 0.15) is 0 Å². The fourth-order valence-corrected chi connectivity index (χ4v) is 3.95. The van der Waals surface area contributed by atoms with Crippen molar-refractivity contribution in [1.82, 2.24) is 10.6 Å². The predicted octanol–water partition coefficient (Wildman–Crippen LogP) is 2.15. The third-order valence-corrected chi connectivity index (χ3v) is 5.12. The van der Waals surface area contributed by atoms with E-state index in [2.05, 4.69) is 15.6 Å². The summed E-state index contributed by atoms with van der Waals surface area (Å²) in [6.07, 6.45) is 5.94. The van der Waals surface area contributed by atoms with Gasteiger partial charge in [-0.1, -0.05) is 24.6 Å². The number of hydrogen-bond acceptors (Lipinski definition) is 4. The van der Waals surface area contributed by atoms with Gasteiger partial charge in [-0.25, -0.2) is 0 Å². The summed E-state index contributed by atoms with van der Waals surface area (Å²) in [5.41, 5.74) is 0.491. The molecule has 0 atom stereocenters. The SMILES string of the molecule is CC(C)NC(=O)CCNC1=NCC2(CCCC2)CS1. The molecule has 0 bridgehead atoms. The number of nitrogens with one attached hydrogen (secondary N) is 2. The fourth-order valence-electron chi connectivity index (χ4n) is 2.76. The smallest absolute Gasteiger partial charge is 0.221 e. The van der Waals surface area contributed by atoms with Crippen LogP contribution in [-0.4, -0.2) is 36.0 Å². The first-order chi connectivity index (χ1) is 9.10. The zero-order chi connectivity index (χ0) is 13.7. The second kappa shape index (κ2) is 6.64. The quantitative estimate of drug-likeness (QED) is 0.831. The predicted molar refractivity (Wildman–Crippen MR) is 81.6 cm³/mol. The van der Waals surface area contributed by atoms with E-state index in [-0.39, 0.29) is 11.9 Å². The molecule has 0 unspecified atom stereocenters. The van der Waals surface area contributed by atoms with E-state index in [1.165, 1.54) is 31.4 Å². The lowest BCUT2D eigenvalue weighted by molar-refractivity contribution is -0.121. The molecule has 1 heterocycles. The highest BCUT2D eigenvalue weighted by molar-refractivity contribution is 8.13. The lowest BCUT2D eigenvalue weighted by Gasteiger charge is -2.31. The highest BCUT2D eigenvalue weighted by atomic mass is 32.2. The van der Waals surface area contributed by atoms with Gasteiger partial charge in [-0.05, 0) is 32.1 Å². The maximum atomic E-state index is 11.5. The molecule has 1 amide bonds. The number of carbonyl (C=O) groups is 1. The number of amidine groups is 1. The molecular formula is C14H25N3OS. The molecule has 1 aliphatic carbocycles. The van der Waals surface area contributed by atoms with Crippen molar-refractivity contribution >= 4 is 22.8 Å². The first-order valence-corrected chi connectivity index (χ1v) is 8.29. The molecule has 19 heavy (non-hydrogen) atoms. The van der Waals surface area contributed by atoms with Crippen LogP contribution in [-0.2, 0) is 4.79 Å². The first-order valence-electron chi connectivity index (χ1n) is 7.30. The lowest BCUT2D eigenvalue weighted by atomic mass is 9.89. The number of carbonyl (C=O) groups excluding carboxylic acids is 1. The number of rotatable bonds is 4.